The first-order chi connectivity index (χ1) is 12.7. The molecule has 5 nitrogen and oxygen atoms in total. The van der Waals surface area contributed by atoms with Crippen LogP contribution in [0.1, 0.15) is 27.0 Å². The second-order valence-electron chi connectivity index (χ2n) is 5.91. The highest BCUT2D eigenvalue weighted by Crippen LogP contribution is 2.29. The SMILES string of the molecule is Cc1cc(OC(F)(F)F)ccc1Cc1c(C(=O)CO)cc2[nH]cnc2c1F. The maximum absolute atomic E-state index is 14.9. The average molecular weight is 382 g/mol. The first-order valence-electron chi connectivity index (χ1n) is 7.83. The molecular weight excluding hydrogens is 368 g/mol. The number of ether oxygens (including phenoxy) is 1. The van der Waals surface area contributed by atoms with E-state index >= 15 is 0 Å². The van der Waals surface area contributed by atoms with Gasteiger partial charge in [-0.2, -0.15) is 0 Å². The molecule has 0 aliphatic carbocycles. The summed E-state index contributed by atoms with van der Waals surface area (Å²) in [6.45, 7) is 0.751. The van der Waals surface area contributed by atoms with Crippen molar-refractivity contribution in [2.45, 2.75) is 19.7 Å². The van der Waals surface area contributed by atoms with Gasteiger partial charge in [-0.05, 0) is 36.2 Å². The molecule has 3 rings (SSSR count). The predicted molar refractivity (Wildman–Crippen MR) is 88.1 cm³/mol. The number of aromatic amines is 1. The van der Waals surface area contributed by atoms with Crippen molar-refractivity contribution < 1.29 is 32.2 Å². The molecule has 0 amide bonds. The summed E-state index contributed by atoms with van der Waals surface area (Å²) in [7, 11) is 0. The lowest BCUT2D eigenvalue weighted by Gasteiger charge is -2.14. The van der Waals surface area contributed by atoms with E-state index in [-0.39, 0.29) is 23.1 Å². The van der Waals surface area contributed by atoms with Crippen LogP contribution in [0.3, 0.4) is 0 Å². The van der Waals surface area contributed by atoms with E-state index in [9.17, 15) is 27.5 Å². The summed E-state index contributed by atoms with van der Waals surface area (Å²) in [5.41, 5.74) is 1.28. The van der Waals surface area contributed by atoms with Crippen molar-refractivity contribution in [2.24, 2.45) is 0 Å². The molecule has 1 heterocycles. The number of Topliss-reactive ketones (excluding diaryl/α,β-unsaturated/α-hetero) is 1. The van der Waals surface area contributed by atoms with Gasteiger partial charge in [0.05, 0.1) is 11.8 Å². The van der Waals surface area contributed by atoms with Crippen molar-refractivity contribution in [1.29, 1.82) is 0 Å². The maximum Gasteiger partial charge on any atom is 0.573 e. The first kappa shape index (κ1) is 18.8. The Kier molecular flexibility index (Phi) is 4.88. The van der Waals surface area contributed by atoms with Crippen LogP contribution in [0, 0.1) is 12.7 Å². The Bertz CT molecular complexity index is 1010. The van der Waals surface area contributed by atoms with Gasteiger partial charge in [-0.3, -0.25) is 4.79 Å². The summed E-state index contributed by atoms with van der Waals surface area (Å²) >= 11 is 0. The van der Waals surface area contributed by atoms with Crippen molar-refractivity contribution in [3.8, 4) is 5.75 Å². The van der Waals surface area contributed by atoms with Crippen molar-refractivity contribution in [3.05, 3.63) is 58.7 Å². The number of benzene rings is 2. The van der Waals surface area contributed by atoms with E-state index in [1.807, 2.05) is 0 Å². The highest BCUT2D eigenvalue weighted by Gasteiger charge is 2.31. The predicted octanol–water partition coefficient (Wildman–Crippen LogP) is 3.67. The van der Waals surface area contributed by atoms with E-state index < -0.39 is 30.3 Å². The van der Waals surface area contributed by atoms with Crippen LogP contribution in [0.25, 0.3) is 11.0 Å². The Labute approximate surface area is 150 Å². The third-order valence-electron chi connectivity index (χ3n) is 4.11. The molecule has 0 aliphatic heterocycles. The van der Waals surface area contributed by atoms with Crippen molar-refractivity contribution >= 4 is 16.8 Å². The number of H-pyrrole nitrogens is 1. The molecule has 0 fully saturated rings. The smallest absolute Gasteiger partial charge is 0.406 e. The zero-order valence-corrected chi connectivity index (χ0v) is 14.0. The summed E-state index contributed by atoms with van der Waals surface area (Å²) in [5, 5.41) is 9.17. The number of hydrogen-bond donors (Lipinski definition) is 2. The van der Waals surface area contributed by atoms with Crippen LogP contribution in [0.2, 0.25) is 0 Å². The number of alkyl halides is 3. The topological polar surface area (TPSA) is 75.2 Å². The van der Waals surface area contributed by atoms with Crippen LogP contribution >= 0.6 is 0 Å². The Morgan fingerprint density at radius 3 is 2.67 bits per heavy atom. The van der Waals surface area contributed by atoms with Crippen LogP contribution in [0.5, 0.6) is 5.75 Å². The number of imidazole rings is 1. The lowest BCUT2D eigenvalue weighted by molar-refractivity contribution is -0.274. The molecule has 142 valence electrons. The number of aromatic nitrogens is 2. The summed E-state index contributed by atoms with van der Waals surface area (Å²) in [4.78, 5) is 18.6. The van der Waals surface area contributed by atoms with Gasteiger partial charge in [-0.15, -0.1) is 13.2 Å². The molecule has 0 saturated heterocycles. The molecule has 1 aromatic heterocycles. The molecule has 2 aromatic carbocycles. The molecule has 27 heavy (non-hydrogen) atoms. The Balaban J connectivity index is 2.03. The maximum atomic E-state index is 14.9. The highest BCUT2D eigenvalue weighted by molar-refractivity contribution is 6.01. The minimum absolute atomic E-state index is 0.0123. The molecule has 9 heteroatoms. The Morgan fingerprint density at radius 1 is 1.30 bits per heavy atom. The monoisotopic (exact) mass is 382 g/mol. The van der Waals surface area contributed by atoms with E-state index in [0.29, 0.717) is 16.6 Å². The van der Waals surface area contributed by atoms with Crippen molar-refractivity contribution in [3.63, 3.8) is 0 Å². The zero-order chi connectivity index (χ0) is 19.8. The molecule has 0 atom stereocenters. The lowest BCUT2D eigenvalue weighted by atomic mass is 9.94. The second-order valence-corrected chi connectivity index (χ2v) is 5.91. The number of halogens is 4. The van der Waals surface area contributed by atoms with Gasteiger partial charge in [0.25, 0.3) is 0 Å². The van der Waals surface area contributed by atoms with Gasteiger partial charge in [0.15, 0.2) is 11.6 Å². The van der Waals surface area contributed by atoms with Gasteiger partial charge in [-0.25, -0.2) is 9.37 Å². The number of carbonyl (C=O) groups excluding carboxylic acids is 1. The third-order valence-corrected chi connectivity index (χ3v) is 4.11. The fourth-order valence-corrected chi connectivity index (χ4v) is 2.84. The number of aliphatic hydroxyl groups is 1. The molecule has 2 N–H and O–H groups in total. The fraction of sp³-hybridized carbons (Fsp3) is 0.222. The second kappa shape index (κ2) is 6.99. The molecule has 0 spiro atoms. The standard InChI is InChI=1S/C18H14F4N2O3/c1-9-4-11(27-18(20,21)22)3-2-10(9)5-13-12(15(26)7-25)6-14-17(16(13)19)24-8-23-14/h2-4,6,8,25H,5,7H2,1H3,(H,23,24). The molecule has 0 aliphatic rings. The number of nitrogens with one attached hydrogen (secondary N) is 1. The molecule has 0 unspecified atom stereocenters. The zero-order valence-electron chi connectivity index (χ0n) is 14.0. The number of fused-ring (bicyclic) bond motifs is 1. The Morgan fingerprint density at radius 2 is 2.04 bits per heavy atom. The fourth-order valence-electron chi connectivity index (χ4n) is 2.84. The van der Waals surface area contributed by atoms with E-state index in [1.165, 1.54) is 24.5 Å². The van der Waals surface area contributed by atoms with Crippen LogP contribution in [-0.4, -0.2) is 33.8 Å². The minimum atomic E-state index is -4.81. The van der Waals surface area contributed by atoms with Gasteiger partial charge in [0, 0.05) is 17.5 Å². The molecule has 3 aromatic rings. The summed E-state index contributed by atoms with van der Waals surface area (Å²) in [6.07, 6.45) is -3.60. The highest BCUT2D eigenvalue weighted by atomic mass is 19.4. The van der Waals surface area contributed by atoms with E-state index in [1.54, 1.807) is 6.92 Å². The van der Waals surface area contributed by atoms with E-state index in [2.05, 4.69) is 14.7 Å². The number of hydrogen-bond acceptors (Lipinski definition) is 4. The summed E-state index contributed by atoms with van der Waals surface area (Å²) in [6, 6.07) is 5.07. The normalized spacial score (nSPS) is 11.8. The molecule has 0 radical (unpaired) electrons. The van der Waals surface area contributed by atoms with Crippen LogP contribution in [0.4, 0.5) is 17.6 Å². The summed E-state index contributed by atoms with van der Waals surface area (Å²) < 4.78 is 55.7. The molecule has 0 bridgehead atoms. The number of aliphatic hydroxyl groups excluding tert-OH is 1. The quantitative estimate of drug-likeness (QED) is 0.522. The third kappa shape index (κ3) is 3.92. The number of nitrogens with zero attached hydrogens (tertiary/aromatic N) is 1. The summed E-state index contributed by atoms with van der Waals surface area (Å²) in [5.74, 6) is -1.78. The largest absolute Gasteiger partial charge is 0.573 e. The van der Waals surface area contributed by atoms with Crippen molar-refractivity contribution in [1.82, 2.24) is 9.97 Å². The Hall–Kier alpha value is -2.94. The number of ketones is 1. The van der Waals surface area contributed by atoms with Crippen molar-refractivity contribution in [2.75, 3.05) is 6.61 Å². The van der Waals surface area contributed by atoms with E-state index in [4.69, 9.17) is 0 Å². The van der Waals surface area contributed by atoms with Gasteiger partial charge in [-0.1, -0.05) is 6.07 Å². The lowest BCUT2D eigenvalue weighted by Crippen LogP contribution is -2.17. The first-order valence-corrected chi connectivity index (χ1v) is 7.83. The minimum Gasteiger partial charge on any atom is -0.406 e. The van der Waals surface area contributed by atoms with Gasteiger partial charge >= 0.3 is 6.36 Å². The number of rotatable bonds is 5. The molecule has 0 saturated carbocycles. The van der Waals surface area contributed by atoms with E-state index in [0.717, 1.165) is 6.07 Å². The van der Waals surface area contributed by atoms with Gasteiger partial charge < -0.3 is 14.8 Å². The van der Waals surface area contributed by atoms with Crippen LogP contribution in [0.15, 0.2) is 30.6 Å². The van der Waals surface area contributed by atoms with Crippen LogP contribution in [-0.2, 0) is 6.42 Å². The number of aryl methyl sites for hydroxylation is 1. The van der Waals surface area contributed by atoms with Gasteiger partial charge in [0.1, 0.15) is 17.9 Å². The number of carbonyl (C=O) groups is 1. The van der Waals surface area contributed by atoms with Crippen LogP contribution < -0.4 is 4.74 Å². The van der Waals surface area contributed by atoms with Gasteiger partial charge in [0.2, 0.25) is 0 Å². The average Bonchev–Trinajstić information content (AvgIpc) is 3.06. The molecular formula is C18H14F4N2O3.